The van der Waals surface area contributed by atoms with Crippen molar-refractivity contribution in [2.24, 2.45) is 17.3 Å². The fourth-order valence-electron chi connectivity index (χ4n) is 6.21. The highest BCUT2D eigenvalue weighted by atomic mass is 16.5. The van der Waals surface area contributed by atoms with Gasteiger partial charge in [0.05, 0.1) is 18.8 Å². The lowest BCUT2D eigenvalue weighted by atomic mass is 9.55. The third kappa shape index (κ3) is 2.89. The van der Waals surface area contributed by atoms with Crippen LogP contribution in [0, 0.1) is 17.3 Å². The second-order valence-electron chi connectivity index (χ2n) is 8.94. The molecule has 1 aromatic carbocycles. The number of aryl methyl sites for hydroxylation is 1. The molecule has 0 radical (unpaired) electrons. The summed E-state index contributed by atoms with van der Waals surface area (Å²) in [4.78, 5) is 11.4. The van der Waals surface area contributed by atoms with Gasteiger partial charge in [-0.05, 0) is 91.9 Å². The van der Waals surface area contributed by atoms with Crippen LogP contribution in [0.5, 0.6) is 5.75 Å². The van der Waals surface area contributed by atoms with Gasteiger partial charge in [-0.3, -0.25) is 4.79 Å². The number of carbonyl (C=O) groups is 1. The molecular formula is C23H30O4. The highest BCUT2D eigenvalue weighted by Crippen LogP contribution is 2.61. The fraction of sp³-hybridized carbons (Fsp3) is 0.609. The van der Waals surface area contributed by atoms with E-state index >= 15 is 0 Å². The van der Waals surface area contributed by atoms with Gasteiger partial charge in [0, 0.05) is 6.08 Å². The zero-order valence-corrected chi connectivity index (χ0v) is 16.5. The highest BCUT2D eigenvalue weighted by Gasteiger charge is 2.54. The second kappa shape index (κ2) is 6.66. The number of carbonyl (C=O) groups excluding carboxylic acids is 1. The molecule has 2 fully saturated rings. The number of hydrogen-bond donors (Lipinski definition) is 2. The van der Waals surface area contributed by atoms with E-state index in [9.17, 15) is 15.0 Å². The molecule has 0 spiro atoms. The standard InChI is InChI=1S/C23H30O4/c1-13(24)10-20(25)18-12-17-14(11-21(18)27-3)4-5-16-15(17)8-9-23(2)19(16)6-7-22(23)26/h10-12,15-16,19,22,25-26H,4-9H2,1-3H3/b20-10+. The first-order valence-corrected chi connectivity index (χ1v) is 10.2. The number of ketones is 1. The van der Waals surface area contributed by atoms with E-state index in [1.165, 1.54) is 24.1 Å². The molecule has 5 unspecified atom stereocenters. The third-order valence-corrected chi connectivity index (χ3v) is 7.61. The number of methoxy groups -OCH3 is 1. The first kappa shape index (κ1) is 18.5. The molecule has 0 amide bonds. The summed E-state index contributed by atoms with van der Waals surface area (Å²) < 4.78 is 5.50. The van der Waals surface area contributed by atoms with E-state index in [1.54, 1.807) is 7.11 Å². The Morgan fingerprint density at radius 1 is 1.26 bits per heavy atom. The maximum Gasteiger partial charge on any atom is 0.156 e. The topological polar surface area (TPSA) is 66.8 Å². The predicted molar refractivity (Wildman–Crippen MR) is 105 cm³/mol. The maximum atomic E-state index is 11.4. The molecule has 3 aliphatic rings. The predicted octanol–water partition coefficient (Wildman–Crippen LogP) is 4.40. The highest BCUT2D eigenvalue weighted by molar-refractivity contribution is 5.94. The lowest BCUT2D eigenvalue weighted by Crippen LogP contribution is -2.43. The average molecular weight is 370 g/mol. The molecule has 5 atom stereocenters. The number of aliphatic hydroxyl groups excluding tert-OH is 2. The molecule has 2 N–H and O–H groups in total. The molecule has 1 aromatic rings. The smallest absolute Gasteiger partial charge is 0.156 e. The van der Waals surface area contributed by atoms with E-state index in [0.29, 0.717) is 29.1 Å². The van der Waals surface area contributed by atoms with Crippen molar-refractivity contribution in [1.82, 2.24) is 0 Å². The van der Waals surface area contributed by atoms with Crippen molar-refractivity contribution in [2.75, 3.05) is 7.11 Å². The molecule has 4 nitrogen and oxygen atoms in total. The van der Waals surface area contributed by atoms with E-state index in [0.717, 1.165) is 38.5 Å². The largest absolute Gasteiger partial charge is 0.507 e. The Kier molecular flexibility index (Phi) is 4.58. The van der Waals surface area contributed by atoms with Gasteiger partial charge in [0.25, 0.3) is 0 Å². The summed E-state index contributed by atoms with van der Waals surface area (Å²) >= 11 is 0. The normalized spacial score (nSPS) is 35.2. The Hall–Kier alpha value is -1.81. The second-order valence-corrected chi connectivity index (χ2v) is 8.94. The molecule has 0 heterocycles. The van der Waals surface area contributed by atoms with Gasteiger partial charge in [-0.25, -0.2) is 0 Å². The van der Waals surface area contributed by atoms with Crippen LogP contribution in [0.2, 0.25) is 0 Å². The summed E-state index contributed by atoms with van der Waals surface area (Å²) in [6, 6.07) is 4.09. The van der Waals surface area contributed by atoms with Gasteiger partial charge in [-0.1, -0.05) is 6.92 Å². The first-order chi connectivity index (χ1) is 12.8. The van der Waals surface area contributed by atoms with Gasteiger partial charge in [0.2, 0.25) is 0 Å². The summed E-state index contributed by atoms with van der Waals surface area (Å²) in [7, 11) is 1.60. The average Bonchev–Trinajstić information content (AvgIpc) is 2.94. The van der Waals surface area contributed by atoms with Crippen LogP contribution in [0.15, 0.2) is 18.2 Å². The zero-order valence-electron chi connectivity index (χ0n) is 16.5. The van der Waals surface area contributed by atoms with E-state index in [2.05, 4.69) is 6.92 Å². The van der Waals surface area contributed by atoms with E-state index in [4.69, 9.17) is 4.74 Å². The summed E-state index contributed by atoms with van der Waals surface area (Å²) in [5.41, 5.74) is 3.26. The lowest BCUT2D eigenvalue weighted by Gasteiger charge is -2.50. The summed E-state index contributed by atoms with van der Waals surface area (Å²) in [5.74, 6) is 2.05. The number of aliphatic hydroxyl groups is 2. The number of benzene rings is 1. The molecule has 0 saturated heterocycles. The number of allylic oxidation sites excluding steroid dienone is 1. The van der Waals surface area contributed by atoms with Crippen molar-refractivity contribution in [3.05, 3.63) is 34.9 Å². The first-order valence-electron chi connectivity index (χ1n) is 10.2. The number of ether oxygens (including phenoxy) is 1. The van der Waals surface area contributed by atoms with Crippen molar-refractivity contribution < 1.29 is 19.7 Å². The molecule has 0 aliphatic heterocycles. The molecule has 0 bridgehead atoms. The molecule has 0 aromatic heterocycles. The molecule has 146 valence electrons. The van der Waals surface area contributed by atoms with Crippen molar-refractivity contribution >= 4 is 11.5 Å². The van der Waals surface area contributed by atoms with Crippen LogP contribution >= 0.6 is 0 Å². The molecule has 2 saturated carbocycles. The van der Waals surface area contributed by atoms with Gasteiger partial charge >= 0.3 is 0 Å². The van der Waals surface area contributed by atoms with Crippen LogP contribution in [0.25, 0.3) is 5.76 Å². The van der Waals surface area contributed by atoms with Crippen LogP contribution in [0.1, 0.15) is 68.6 Å². The SMILES string of the molecule is COc1cc2c(cc1/C(O)=C\C(C)=O)C1CCC3(C)C(O)CCC3C1CC2. The number of hydrogen-bond acceptors (Lipinski definition) is 4. The van der Waals surface area contributed by atoms with Crippen LogP contribution in [0.4, 0.5) is 0 Å². The summed E-state index contributed by atoms with van der Waals surface area (Å²) in [5, 5.41) is 21.0. The molecule has 3 aliphatic carbocycles. The van der Waals surface area contributed by atoms with Gasteiger partial charge in [-0.2, -0.15) is 0 Å². The summed E-state index contributed by atoms with van der Waals surface area (Å²) in [6.07, 6.45) is 7.42. The molecule has 27 heavy (non-hydrogen) atoms. The Bertz CT molecular complexity index is 796. The van der Waals surface area contributed by atoms with Crippen LogP contribution in [0.3, 0.4) is 0 Å². The number of rotatable bonds is 3. The Labute approximate surface area is 161 Å². The Morgan fingerprint density at radius 2 is 2.04 bits per heavy atom. The maximum absolute atomic E-state index is 11.4. The van der Waals surface area contributed by atoms with Crippen molar-refractivity contribution in [2.45, 2.75) is 64.4 Å². The van der Waals surface area contributed by atoms with Gasteiger partial charge < -0.3 is 14.9 Å². The van der Waals surface area contributed by atoms with E-state index in [-0.39, 0.29) is 23.1 Å². The van der Waals surface area contributed by atoms with E-state index in [1.807, 2.05) is 12.1 Å². The molecule has 4 heteroatoms. The monoisotopic (exact) mass is 370 g/mol. The Balaban J connectivity index is 1.75. The van der Waals surface area contributed by atoms with Gasteiger partial charge in [0.15, 0.2) is 5.78 Å². The van der Waals surface area contributed by atoms with Gasteiger partial charge in [0.1, 0.15) is 11.5 Å². The molecule has 4 rings (SSSR count). The minimum Gasteiger partial charge on any atom is -0.507 e. The van der Waals surface area contributed by atoms with Crippen LogP contribution in [-0.2, 0) is 11.2 Å². The fourth-order valence-corrected chi connectivity index (χ4v) is 6.21. The quantitative estimate of drug-likeness (QED) is 0.611. The van der Waals surface area contributed by atoms with Crippen LogP contribution in [-0.4, -0.2) is 29.2 Å². The minimum atomic E-state index is -0.182. The summed E-state index contributed by atoms with van der Waals surface area (Å²) in [6.45, 7) is 3.71. The van der Waals surface area contributed by atoms with Gasteiger partial charge in [-0.15, -0.1) is 0 Å². The number of fused-ring (bicyclic) bond motifs is 5. The van der Waals surface area contributed by atoms with Crippen LogP contribution < -0.4 is 4.74 Å². The van der Waals surface area contributed by atoms with Crippen molar-refractivity contribution in [1.29, 1.82) is 0 Å². The van der Waals surface area contributed by atoms with Crippen molar-refractivity contribution in [3.63, 3.8) is 0 Å². The lowest BCUT2D eigenvalue weighted by molar-refractivity contribution is -0.112. The molecular weight excluding hydrogens is 340 g/mol. The third-order valence-electron chi connectivity index (χ3n) is 7.61. The minimum absolute atomic E-state index is 0.0267. The van der Waals surface area contributed by atoms with Crippen molar-refractivity contribution in [3.8, 4) is 5.75 Å². The Morgan fingerprint density at radius 3 is 2.74 bits per heavy atom. The van der Waals surface area contributed by atoms with E-state index < -0.39 is 0 Å². The zero-order chi connectivity index (χ0) is 19.3.